The molecule has 0 amide bonds. The molecule has 0 spiro atoms. The summed E-state index contributed by atoms with van der Waals surface area (Å²) in [6.45, 7) is 3.93. The van der Waals surface area contributed by atoms with Gasteiger partial charge in [-0.2, -0.15) is 0 Å². The quantitative estimate of drug-likeness (QED) is 0.733. The van der Waals surface area contributed by atoms with Gasteiger partial charge in [0, 0.05) is 11.3 Å². The molecule has 0 bridgehead atoms. The monoisotopic (exact) mass is 252 g/mol. The number of furan rings is 1. The molecule has 0 fully saturated rings. The lowest BCUT2D eigenvalue weighted by molar-refractivity contribution is 0.576. The molecule has 0 aliphatic heterocycles. The van der Waals surface area contributed by atoms with Crippen molar-refractivity contribution in [3.8, 4) is 11.6 Å². The van der Waals surface area contributed by atoms with Crippen LogP contribution in [-0.4, -0.2) is 9.97 Å². The molecule has 14 heavy (non-hydrogen) atoms. The van der Waals surface area contributed by atoms with E-state index < -0.39 is 0 Å². The second-order valence-electron chi connectivity index (χ2n) is 3.03. The lowest BCUT2D eigenvalue weighted by atomic mass is 10.3. The number of hydrogen-bond donors (Lipinski definition) is 0. The molecule has 0 unspecified atom stereocenters. The molecular weight excluding hydrogens is 244 g/mol. The summed E-state index contributed by atoms with van der Waals surface area (Å²) >= 11 is 3.39. The first-order valence-electron chi connectivity index (χ1n) is 4.23. The maximum atomic E-state index is 5.22. The van der Waals surface area contributed by atoms with Crippen LogP contribution in [0.5, 0.6) is 0 Å². The van der Waals surface area contributed by atoms with Crippen LogP contribution in [0, 0.1) is 13.8 Å². The molecule has 0 saturated heterocycles. The van der Waals surface area contributed by atoms with Crippen molar-refractivity contribution in [2.24, 2.45) is 0 Å². The van der Waals surface area contributed by atoms with Crippen LogP contribution >= 0.6 is 15.9 Å². The van der Waals surface area contributed by atoms with Gasteiger partial charge in [-0.1, -0.05) is 0 Å². The summed E-state index contributed by atoms with van der Waals surface area (Å²) in [7, 11) is 0. The molecule has 3 nitrogen and oxygen atoms in total. The SMILES string of the molecule is Cc1nc(-c2ccco2)nc(Br)c1C. The van der Waals surface area contributed by atoms with Crippen LogP contribution in [0.2, 0.25) is 0 Å². The maximum Gasteiger partial charge on any atom is 0.196 e. The van der Waals surface area contributed by atoms with E-state index in [4.69, 9.17) is 4.42 Å². The maximum absolute atomic E-state index is 5.22. The smallest absolute Gasteiger partial charge is 0.196 e. The van der Waals surface area contributed by atoms with E-state index in [9.17, 15) is 0 Å². The number of nitrogens with zero attached hydrogens (tertiary/aromatic N) is 2. The minimum absolute atomic E-state index is 0.616. The summed E-state index contributed by atoms with van der Waals surface area (Å²) in [5, 5.41) is 0. The Balaban J connectivity index is 2.57. The summed E-state index contributed by atoms with van der Waals surface area (Å²) in [6, 6.07) is 3.67. The molecule has 0 aliphatic carbocycles. The van der Waals surface area contributed by atoms with Crippen LogP contribution in [0.1, 0.15) is 11.3 Å². The predicted octanol–water partition coefficient (Wildman–Crippen LogP) is 3.12. The Kier molecular flexibility index (Phi) is 2.37. The van der Waals surface area contributed by atoms with Crippen molar-refractivity contribution in [2.45, 2.75) is 13.8 Å². The first-order valence-corrected chi connectivity index (χ1v) is 5.02. The van der Waals surface area contributed by atoms with E-state index in [1.807, 2.05) is 26.0 Å². The van der Waals surface area contributed by atoms with Gasteiger partial charge in [-0.3, -0.25) is 0 Å². The Bertz CT molecular complexity index is 428. The third-order valence-corrected chi connectivity index (χ3v) is 2.84. The molecule has 2 rings (SSSR count). The lowest BCUT2D eigenvalue weighted by Gasteiger charge is -2.03. The van der Waals surface area contributed by atoms with E-state index in [-0.39, 0.29) is 0 Å². The molecule has 4 heteroatoms. The standard InChI is InChI=1S/C10H9BrN2O/c1-6-7(2)12-10(13-9(6)11)8-4-3-5-14-8/h3-5H,1-2H3. The van der Waals surface area contributed by atoms with Gasteiger partial charge in [-0.15, -0.1) is 0 Å². The molecule has 2 heterocycles. The number of rotatable bonds is 1. The normalized spacial score (nSPS) is 10.5. The number of halogens is 1. The number of aromatic nitrogens is 2. The minimum Gasteiger partial charge on any atom is -0.461 e. The fourth-order valence-electron chi connectivity index (χ4n) is 1.11. The fraction of sp³-hybridized carbons (Fsp3) is 0.200. The van der Waals surface area contributed by atoms with Crippen molar-refractivity contribution >= 4 is 15.9 Å². The van der Waals surface area contributed by atoms with Crippen molar-refractivity contribution < 1.29 is 4.42 Å². The molecule has 0 aromatic carbocycles. The van der Waals surface area contributed by atoms with Crippen LogP contribution in [0.4, 0.5) is 0 Å². The van der Waals surface area contributed by atoms with Crippen molar-refractivity contribution in [1.29, 1.82) is 0 Å². The van der Waals surface area contributed by atoms with Crippen molar-refractivity contribution in [2.75, 3.05) is 0 Å². The highest BCUT2D eigenvalue weighted by molar-refractivity contribution is 9.10. The Labute approximate surface area is 90.3 Å². The van der Waals surface area contributed by atoms with Crippen LogP contribution in [-0.2, 0) is 0 Å². The summed E-state index contributed by atoms with van der Waals surface area (Å²) < 4.78 is 6.04. The van der Waals surface area contributed by atoms with E-state index >= 15 is 0 Å². The van der Waals surface area contributed by atoms with Crippen LogP contribution in [0.3, 0.4) is 0 Å². The van der Waals surface area contributed by atoms with E-state index in [2.05, 4.69) is 25.9 Å². The van der Waals surface area contributed by atoms with E-state index in [0.29, 0.717) is 11.6 Å². The van der Waals surface area contributed by atoms with Crippen molar-refractivity contribution in [1.82, 2.24) is 9.97 Å². The third-order valence-electron chi connectivity index (χ3n) is 2.07. The third kappa shape index (κ3) is 1.57. The van der Waals surface area contributed by atoms with Gasteiger partial charge in [0.1, 0.15) is 4.60 Å². The van der Waals surface area contributed by atoms with Gasteiger partial charge in [0.05, 0.1) is 6.26 Å². The first-order chi connectivity index (χ1) is 6.68. The first kappa shape index (κ1) is 9.40. The van der Waals surface area contributed by atoms with Crippen LogP contribution in [0.25, 0.3) is 11.6 Å². The lowest BCUT2D eigenvalue weighted by Crippen LogP contribution is -1.95. The zero-order chi connectivity index (χ0) is 10.1. The van der Waals surface area contributed by atoms with E-state index in [0.717, 1.165) is 15.9 Å². The molecule has 0 radical (unpaired) electrons. The zero-order valence-corrected chi connectivity index (χ0v) is 9.50. The predicted molar refractivity (Wildman–Crippen MR) is 56.9 cm³/mol. The largest absolute Gasteiger partial charge is 0.461 e. The Morgan fingerprint density at radius 3 is 2.64 bits per heavy atom. The van der Waals surface area contributed by atoms with Gasteiger partial charge in [0.25, 0.3) is 0 Å². The summed E-state index contributed by atoms with van der Waals surface area (Å²) in [4.78, 5) is 8.63. The van der Waals surface area contributed by atoms with Crippen LogP contribution < -0.4 is 0 Å². The molecule has 2 aromatic rings. The molecule has 0 atom stereocenters. The molecule has 0 saturated carbocycles. The van der Waals surface area contributed by atoms with Gasteiger partial charge in [0.15, 0.2) is 11.6 Å². The average Bonchev–Trinajstić information content (AvgIpc) is 2.66. The Morgan fingerprint density at radius 1 is 1.29 bits per heavy atom. The van der Waals surface area contributed by atoms with Gasteiger partial charge in [-0.25, -0.2) is 9.97 Å². The second kappa shape index (κ2) is 3.53. The average molecular weight is 253 g/mol. The highest BCUT2D eigenvalue weighted by Crippen LogP contribution is 2.21. The number of hydrogen-bond acceptors (Lipinski definition) is 3. The van der Waals surface area contributed by atoms with Gasteiger partial charge in [0.2, 0.25) is 0 Å². The molecule has 2 aromatic heterocycles. The van der Waals surface area contributed by atoms with E-state index in [1.165, 1.54) is 0 Å². The summed E-state index contributed by atoms with van der Waals surface area (Å²) in [5.41, 5.74) is 2.01. The molecule has 0 aliphatic rings. The van der Waals surface area contributed by atoms with Gasteiger partial charge < -0.3 is 4.42 Å². The topological polar surface area (TPSA) is 38.9 Å². The fourth-order valence-corrected chi connectivity index (χ4v) is 1.56. The van der Waals surface area contributed by atoms with Crippen molar-refractivity contribution in [3.05, 3.63) is 34.3 Å². The Morgan fingerprint density at radius 2 is 2.07 bits per heavy atom. The number of aryl methyl sites for hydroxylation is 1. The zero-order valence-electron chi connectivity index (χ0n) is 7.91. The highest BCUT2D eigenvalue weighted by Gasteiger charge is 2.08. The highest BCUT2D eigenvalue weighted by atomic mass is 79.9. The van der Waals surface area contributed by atoms with E-state index in [1.54, 1.807) is 6.26 Å². The molecule has 72 valence electrons. The minimum atomic E-state index is 0.616. The van der Waals surface area contributed by atoms with Crippen molar-refractivity contribution in [3.63, 3.8) is 0 Å². The summed E-state index contributed by atoms with van der Waals surface area (Å²) in [5.74, 6) is 1.30. The molecule has 0 N–H and O–H groups in total. The second-order valence-corrected chi connectivity index (χ2v) is 3.78. The molecular formula is C10H9BrN2O. The summed E-state index contributed by atoms with van der Waals surface area (Å²) in [6.07, 6.45) is 1.61. The van der Waals surface area contributed by atoms with Gasteiger partial charge >= 0.3 is 0 Å². The Hall–Kier alpha value is -1.16. The van der Waals surface area contributed by atoms with Gasteiger partial charge in [-0.05, 0) is 41.9 Å². The van der Waals surface area contributed by atoms with Crippen LogP contribution in [0.15, 0.2) is 27.4 Å².